The van der Waals surface area contributed by atoms with Crippen molar-refractivity contribution in [3.63, 3.8) is 0 Å². The molecule has 0 spiro atoms. The van der Waals surface area contributed by atoms with Gasteiger partial charge in [0.05, 0.1) is 10.8 Å². The van der Waals surface area contributed by atoms with Gasteiger partial charge in [-0.3, -0.25) is 0 Å². The van der Waals surface area contributed by atoms with E-state index in [-0.39, 0.29) is 4.75 Å². The van der Waals surface area contributed by atoms with E-state index in [2.05, 4.69) is 22.4 Å². The Morgan fingerprint density at radius 1 is 1.41 bits per heavy atom. The molecule has 2 aliphatic rings. The topological polar surface area (TPSA) is 51.0 Å². The van der Waals surface area contributed by atoms with Gasteiger partial charge in [-0.05, 0) is 44.9 Å². The van der Waals surface area contributed by atoms with E-state index < -0.39 is 0 Å². The molecule has 1 N–H and O–H groups in total. The van der Waals surface area contributed by atoms with Crippen LogP contribution in [0.1, 0.15) is 56.8 Å². The van der Waals surface area contributed by atoms with Crippen LogP contribution in [0.2, 0.25) is 0 Å². The van der Waals surface area contributed by atoms with E-state index in [4.69, 9.17) is 4.52 Å². The Balaban J connectivity index is 1.77. The van der Waals surface area contributed by atoms with Gasteiger partial charge in [0.15, 0.2) is 5.82 Å². The number of hydrogen-bond acceptors (Lipinski definition) is 5. The zero-order chi connectivity index (χ0) is 11.7. The molecule has 94 valence electrons. The summed E-state index contributed by atoms with van der Waals surface area (Å²) in [5, 5.41) is 7.63. The van der Waals surface area contributed by atoms with E-state index in [1.807, 2.05) is 11.8 Å². The fourth-order valence-electron chi connectivity index (χ4n) is 2.61. The molecular formula is C12H19N3OS. The van der Waals surface area contributed by atoms with Crippen molar-refractivity contribution < 1.29 is 4.52 Å². The molecule has 3 rings (SSSR count). The van der Waals surface area contributed by atoms with Gasteiger partial charge in [0.1, 0.15) is 0 Å². The summed E-state index contributed by atoms with van der Waals surface area (Å²) >= 11 is 1.94. The summed E-state index contributed by atoms with van der Waals surface area (Å²) in [6, 6.07) is 0.302. The molecule has 17 heavy (non-hydrogen) atoms. The van der Waals surface area contributed by atoms with Gasteiger partial charge < -0.3 is 9.84 Å². The first kappa shape index (κ1) is 11.5. The molecule has 1 aromatic heterocycles. The van der Waals surface area contributed by atoms with E-state index in [9.17, 15) is 0 Å². The molecule has 0 aliphatic carbocycles. The summed E-state index contributed by atoms with van der Waals surface area (Å²) in [6.07, 6.45) is 6.04. The van der Waals surface area contributed by atoms with Crippen molar-refractivity contribution in [3.05, 3.63) is 11.7 Å². The Kier molecular flexibility index (Phi) is 3.13. The summed E-state index contributed by atoms with van der Waals surface area (Å²) < 4.78 is 5.54. The maximum Gasteiger partial charge on any atom is 0.242 e. The number of aromatic nitrogens is 2. The highest BCUT2D eigenvalue weighted by molar-refractivity contribution is 8.00. The van der Waals surface area contributed by atoms with Crippen LogP contribution >= 0.6 is 11.8 Å². The molecule has 2 unspecified atom stereocenters. The number of nitrogens with one attached hydrogen (secondary N) is 1. The van der Waals surface area contributed by atoms with Gasteiger partial charge in [0.25, 0.3) is 0 Å². The summed E-state index contributed by atoms with van der Waals surface area (Å²) in [6.45, 7) is 3.29. The molecule has 2 atom stereocenters. The molecule has 3 heterocycles. The molecule has 4 nitrogen and oxygen atoms in total. The zero-order valence-corrected chi connectivity index (χ0v) is 11.1. The predicted molar refractivity (Wildman–Crippen MR) is 67.9 cm³/mol. The van der Waals surface area contributed by atoms with Crippen LogP contribution in [-0.4, -0.2) is 22.4 Å². The second kappa shape index (κ2) is 4.61. The minimum absolute atomic E-state index is 0.0555. The van der Waals surface area contributed by atoms with Crippen molar-refractivity contribution in [2.75, 3.05) is 12.3 Å². The first-order chi connectivity index (χ1) is 8.28. The van der Waals surface area contributed by atoms with Gasteiger partial charge >= 0.3 is 0 Å². The number of nitrogens with zero attached hydrogens (tertiary/aromatic N) is 2. The number of hydrogen-bond donors (Lipinski definition) is 1. The van der Waals surface area contributed by atoms with Gasteiger partial charge in [-0.2, -0.15) is 4.98 Å². The lowest BCUT2D eigenvalue weighted by Gasteiger charge is -2.20. The molecule has 0 aromatic carbocycles. The van der Waals surface area contributed by atoms with E-state index >= 15 is 0 Å². The monoisotopic (exact) mass is 253 g/mol. The molecule has 5 heteroatoms. The predicted octanol–water partition coefficient (Wildman–Crippen LogP) is 2.63. The molecule has 2 fully saturated rings. The van der Waals surface area contributed by atoms with Crippen molar-refractivity contribution in [1.82, 2.24) is 15.5 Å². The Morgan fingerprint density at radius 2 is 2.35 bits per heavy atom. The van der Waals surface area contributed by atoms with Crippen LogP contribution in [0.15, 0.2) is 4.52 Å². The summed E-state index contributed by atoms with van der Waals surface area (Å²) in [5.74, 6) is 2.88. The van der Waals surface area contributed by atoms with Crippen LogP contribution in [0.5, 0.6) is 0 Å². The average molecular weight is 253 g/mol. The maximum absolute atomic E-state index is 5.48. The second-order valence-electron chi connectivity index (χ2n) is 5.14. The van der Waals surface area contributed by atoms with Gasteiger partial charge in [0.2, 0.25) is 5.89 Å². The summed E-state index contributed by atoms with van der Waals surface area (Å²) in [4.78, 5) is 4.63. The maximum atomic E-state index is 5.48. The van der Waals surface area contributed by atoms with Gasteiger partial charge in [-0.25, -0.2) is 0 Å². The highest BCUT2D eigenvalue weighted by Gasteiger charge is 2.37. The fraction of sp³-hybridized carbons (Fsp3) is 0.833. The lowest BCUT2D eigenvalue weighted by atomic mass is 10.0. The van der Waals surface area contributed by atoms with E-state index in [0.29, 0.717) is 6.04 Å². The Labute approximate surface area is 106 Å². The fourth-order valence-corrected chi connectivity index (χ4v) is 3.85. The number of rotatable bonds is 2. The van der Waals surface area contributed by atoms with Crippen molar-refractivity contribution in [1.29, 1.82) is 0 Å². The van der Waals surface area contributed by atoms with Crippen molar-refractivity contribution in [2.24, 2.45) is 0 Å². The summed E-state index contributed by atoms with van der Waals surface area (Å²) in [7, 11) is 0. The second-order valence-corrected chi connectivity index (χ2v) is 6.74. The quantitative estimate of drug-likeness (QED) is 0.878. The molecule has 0 saturated carbocycles. The number of thioether (sulfide) groups is 1. The largest absolute Gasteiger partial charge is 0.338 e. The van der Waals surface area contributed by atoms with Crippen LogP contribution in [0, 0.1) is 0 Å². The van der Waals surface area contributed by atoms with E-state index in [1.54, 1.807) is 0 Å². The first-order valence-corrected chi connectivity index (χ1v) is 7.48. The van der Waals surface area contributed by atoms with Gasteiger partial charge in [-0.15, -0.1) is 11.8 Å². The smallest absolute Gasteiger partial charge is 0.242 e. The van der Waals surface area contributed by atoms with Gasteiger partial charge in [0, 0.05) is 0 Å². The third kappa shape index (κ3) is 2.22. The van der Waals surface area contributed by atoms with Crippen LogP contribution in [-0.2, 0) is 4.75 Å². The number of piperidine rings is 1. The summed E-state index contributed by atoms with van der Waals surface area (Å²) in [5.41, 5.74) is 0. The normalized spacial score (nSPS) is 34.1. The van der Waals surface area contributed by atoms with Gasteiger partial charge in [-0.1, -0.05) is 11.6 Å². The van der Waals surface area contributed by atoms with Crippen molar-refractivity contribution >= 4 is 11.8 Å². The standard InChI is InChI=1S/C12H19N3OS/c1-12(6-4-8-17-12)11-14-10(15-16-11)9-5-2-3-7-13-9/h9,13H,2-8H2,1H3. The Hall–Kier alpha value is -0.550. The third-order valence-corrected chi connectivity index (χ3v) is 5.24. The Morgan fingerprint density at radius 3 is 3.06 bits per heavy atom. The van der Waals surface area contributed by atoms with Crippen molar-refractivity contribution in [2.45, 2.75) is 49.8 Å². The van der Waals surface area contributed by atoms with Crippen LogP contribution in [0.3, 0.4) is 0 Å². The van der Waals surface area contributed by atoms with E-state index in [0.717, 1.165) is 31.1 Å². The van der Waals surface area contributed by atoms with Crippen LogP contribution in [0.4, 0.5) is 0 Å². The SMILES string of the molecule is CC1(c2nc(C3CCCCN3)no2)CCCS1. The lowest BCUT2D eigenvalue weighted by molar-refractivity contribution is 0.328. The molecule has 0 radical (unpaired) electrons. The molecular weight excluding hydrogens is 234 g/mol. The lowest BCUT2D eigenvalue weighted by Crippen LogP contribution is -2.27. The minimum Gasteiger partial charge on any atom is -0.338 e. The molecule has 1 aromatic rings. The highest BCUT2D eigenvalue weighted by atomic mass is 32.2. The molecule has 0 bridgehead atoms. The average Bonchev–Trinajstić information content (AvgIpc) is 2.99. The minimum atomic E-state index is 0.0555. The zero-order valence-electron chi connectivity index (χ0n) is 10.2. The van der Waals surface area contributed by atoms with Crippen LogP contribution in [0.25, 0.3) is 0 Å². The van der Waals surface area contributed by atoms with Crippen LogP contribution < -0.4 is 5.32 Å². The van der Waals surface area contributed by atoms with E-state index in [1.165, 1.54) is 25.0 Å². The Bertz CT molecular complexity index is 381. The third-order valence-electron chi connectivity index (χ3n) is 3.73. The molecule has 2 aliphatic heterocycles. The van der Waals surface area contributed by atoms with Crippen molar-refractivity contribution in [3.8, 4) is 0 Å². The molecule has 0 amide bonds. The molecule has 2 saturated heterocycles. The highest BCUT2D eigenvalue weighted by Crippen LogP contribution is 2.45. The first-order valence-electron chi connectivity index (χ1n) is 6.49.